The molecule has 0 aliphatic heterocycles. The highest BCUT2D eigenvalue weighted by Gasteiger charge is 2.23. The molecule has 0 bridgehead atoms. The first-order valence-electron chi connectivity index (χ1n) is 6.72. The zero-order valence-electron chi connectivity index (χ0n) is 11.1. The lowest BCUT2D eigenvalue weighted by Gasteiger charge is -2.11. The number of nitrogens with one attached hydrogen (secondary N) is 1. The van der Waals surface area contributed by atoms with E-state index in [9.17, 15) is 4.79 Å². The van der Waals surface area contributed by atoms with Crippen LogP contribution in [-0.2, 0) is 0 Å². The first-order valence-corrected chi connectivity index (χ1v) is 6.72. The fourth-order valence-electron chi connectivity index (χ4n) is 1.81. The molecule has 1 unspecified atom stereocenters. The lowest BCUT2D eigenvalue weighted by Crippen LogP contribution is -2.26. The predicted molar refractivity (Wildman–Crippen MR) is 72.1 cm³/mol. The van der Waals surface area contributed by atoms with Gasteiger partial charge in [-0.25, -0.2) is 0 Å². The Balaban J connectivity index is 1.92. The van der Waals surface area contributed by atoms with Gasteiger partial charge in [0.15, 0.2) is 5.78 Å². The van der Waals surface area contributed by atoms with Gasteiger partial charge in [-0.3, -0.25) is 4.79 Å². The minimum absolute atomic E-state index is 0.0140. The Kier molecular flexibility index (Phi) is 4.37. The summed E-state index contributed by atoms with van der Waals surface area (Å²) in [4.78, 5) is 12.1. The third kappa shape index (κ3) is 3.57. The van der Waals surface area contributed by atoms with Gasteiger partial charge in [-0.05, 0) is 43.7 Å². The molecule has 1 N–H and O–H groups in total. The molecule has 0 spiro atoms. The number of hydrogen-bond donors (Lipinski definition) is 1. The highest BCUT2D eigenvalue weighted by Crippen LogP contribution is 2.26. The third-order valence-electron chi connectivity index (χ3n) is 3.11. The van der Waals surface area contributed by atoms with Crippen LogP contribution in [0.15, 0.2) is 24.3 Å². The van der Waals surface area contributed by atoms with Crippen LogP contribution in [0, 0.1) is 5.92 Å². The van der Waals surface area contributed by atoms with Gasteiger partial charge < -0.3 is 10.1 Å². The number of Topliss-reactive ketones (excluding diaryl/α,β-unsaturated/α-hetero) is 1. The smallest absolute Gasteiger partial charge is 0.166 e. The van der Waals surface area contributed by atoms with Gasteiger partial charge in [-0.15, -0.1) is 0 Å². The van der Waals surface area contributed by atoms with Crippen LogP contribution in [0.25, 0.3) is 0 Å². The van der Waals surface area contributed by atoms with Gasteiger partial charge in [-0.2, -0.15) is 0 Å². The molecular formula is C15H21NO2. The molecule has 18 heavy (non-hydrogen) atoms. The highest BCUT2D eigenvalue weighted by molar-refractivity contribution is 5.97. The number of carbonyl (C=O) groups excluding carboxylic acids is 1. The minimum atomic E-state index is 0.0140. The molecule has 1 fully saturated rings. The molecule has 2 rings (SSSR count). The molecule has 3 nitrogen and oxygen atoms in total. The summed E-state index contributed by atoms with van der Waals surface area (Å²) in [6.07, 6.45) is 2.71. The van der Waals surface area contributed by atoms with Crippen molar-refractivity contribution in [1.82, 2.24) is 5.32 Å². The zero-order chi connectivity index (χ0) is 13.0. The van der Waals surface area contributed by atoms with E-state index in [4.69, 9.17) is 4.74 Å². The van der Waals surface area contributed by atoms with Crippen molar-refractivity contribution in [1.29, 1.82) is 0 Å². The molecule has 1 atom stereocenters. The van der Waals surface area contributed by atoms with E-state index < -0.39 is 0 Å². The number of hydrogen-bond acceptors (Lipinski definition) is 3. The van der Waals surface area contributed by atoms with Gasteiger partial charge in [0, 0.05) is 18.0 Å². The maximum atomic E-state index is 12.1. The molecule has 98 valence electrons. The maximum absolute atomic E-state index is 12.1. The molecule has 0 aromatic heterocycles. The van der Waals surface area contributed by atoms with Crippen LogP contribution in [-0.4, -0.2) is 25.0 Å². The summed E-state index contributed by atoms with van der Waals surface area (Å²) < 4.78 is 5.66. The molecule has 3 heteroatoms. The Morgan fingerprint density at radius 2 is 2.06 bits per heavy atom. The summed E-state index contributed by atoms with van der Waals surface area (Å²) in [5.41, 5.74) is 0.767. The van der Waals surface area contributed by atoms with Crippen molar-refractivity contribution >= 4 is 5.78 Å². The average molecular weight is 247 g/mol. The second-order valence-electron chi connectivity index (χ2n) is 4.91. The lowest BCUT2D eigenvalue weighted by molar-refractivity contribution is 0.0929. The van der Waals surface area contributed by atoms with Crippen LogP contribution in [0.2, 0.25) is 0 Å². The van der Waals surface area contributed by atoms with Gasteiger partial charge in [0.1, 0.15) is 5.75 Å². The van der Waals surface area contributed by atoms with Crippen molar-refractivity contribution in [3.8, 4) is 5.75 Å². The van der Waals surface area contributed by atoms with Crippen molar-refractivity contribution < 1.29 is 9.53 Å². The second-order valence-corrected chi connectivity index (χ2v) is 4.91. The molecule has 0 saturated heterocycles. The van der Waals surface area contributed by atoms with E-state index in [1.165, 1.54) is 0 Å². The van der Waals surface area contributed by atoms with E-state index >= 15 is 0 Å². The quantitative estimate of drug-likeness (QED) is 0.753. The summed E-state index contributed by atoms with van der Waals surface area (Å²) in [6, 6.07) is 7.52. The number of benzene rings is 1. The predicted octanol–water partition coefficient (Wildman–Crippen LogP) is 2.66. The van der Waals surface area contributed by atoms with E-state index in [1.807, 2.05) is 38.1 Å². The largest absolute Gasteiger partial charge is 0.490 e. The van der Waals surface area contributed by atoms with Crippen molar-refractivity contribution in [3.63, 3.8) is 0 Å². The normalized spacial score (nSPS) is 16.3. The molecule has 1 aromatic carbocycles. The van der Waals surface area contributed by atoms with Gasteiger partial charge in [0.2, 0.25) is 0 Å². The van der Waals surface area contributed by atoms with Gasteiger partial charge in [0.05, 0.1) is 6.10 Å². The fraction of sp³-hybridized carbons (Fsp3) is 0.533. The Morgan fingerprint density at radius 3 is 2.61 bits per heavy atom. The highest BCUT2D eigenvalue weighted by atomic mass is 16.5. The van der Waals surface area contributed by atoms with Crippen LogP contribution in [0.3, 0.4) is 0 Å². The van der Waals surface area contributed by atoms with Crippen LogP contribution in [0.4, 0.5) is 0 Å². The van der Waals surface area contributed by atoms with Gasteiger partial charge in [-0.1, -0.05) is 13.8 Å². The van der Waals surface area contributed by atoms with Crippen LogP contribution < -0.4 is 10.1 Å². The third-order valence-corrected chi connectivity index (χ3v) is 3.11. The van der Waals surface area contributed by atoms with Crippen molar-refractivity contribution in [2.45, 2.75) is 32.8 Å². The summed E-state index contributed by atoms with van der Waals surface area (Å²) in [5.74, 6) is 1.07. The fourth-order valence-corrected chi connectivity index (χ4v) is 1.81. The number of rotatable bonds is 7. The second kappa shape index (κ2) is 6.01. The SMILES string of the molecule is CCNCC(C)C(=O)c1ccc(OC2CC2)cc1. The summed E-state index contributed by atoms with van der Waals surface area (Å²) in [7, 11) is 0. The molecule has 0 radical (unpaired) electrons. The Morgan fingerprint density at radius 1 is 1.39 bits per heavy atom. The van der Waals surface area contributed by atoms with Crippen molar-refractivity contribution in [3.05, 3.63) is 29.8 Å². The molecule has 1 aliphatic rings. The maximum Gasteiger partial charge on any atom is 0.166 e. The topological polar surface area (TPSA) is 38.3 Å². The number of ketones is 1. The van der Waals surface area contributed by atoms with Gasteiger partial charge >= 0.3 is 0 Å². The Hall–Kier alpha value is -1.35. The average Bonchev–Trinajstić information content (AvgIpc) is 3.20. The molecule has 0 heterocycles. The van der Waals surface area contributed by atoms with Crippen LogP contribution >= 0.6 is 0 Å². The standard InChI is InChI=1S/C15H21NO2/c1-3-16-10-11(2)15(17)12-4-6-13(7-5-12)18-14-8-9-14/h4-7,11,14,16H,3,8-10H2,1-2H3. The summed E-state index contributed by atoms with van der Waals surface area (Å²) >= 11 is 0. The van der Waals surface area contributed by atoms with Gasteiger partial charge in [0.25, 0.3) is 0 Å². The molecule has 1 aliphatic carbocycles. The molecule has 1 saturated carbocycles. The number of carbonyl (C=O) groups is 1. The molecular weight excluding hydrogens is 226 g/mol. The summed E-state index contributed by atoms with van der Waals surface area (Å²) in [5, 5.41) is 3.20. The lowest BCUT2D eigenvalue weighted by atomic mass is 9.99. The van der Waals surface area contributed by atoms with Crippen molar-refractivity contribution in [2.75, 3.05) is 13.1 Å². The van der Waals surface area contributed by atoms with E-state index in [0.717, 1.165) is 37.2 Å². The van der Waals surface area contributed by atoms with E-state index in [1.54, 1.807) is 0 Å². The Labute approximate surface area is 109 Å². The summed E-state index contributed by atoms with van der Waals surface area (Å²) in [6.45, 7) is 5.63. The number of ether oxygens (including phenoxy) is 1. The van der Waals surface area contributed by atoms with E-state index in [0.29, 0.717) is 6.10 Å². The minimum Gasteiger partial charge on any atom is -0.490 e. The first kappa shape index (κ1) is 13.1. The van der Waals surface area contributed by atoms with Crippen molar-refractivity contribution in [2.24, 2.45) is 5.92 Å². The van der Waals surface area contributed by atoms with E-state index in [-0.39, 0.29) is 11.7 Å². The molecule has 0 amide bonds. The monoisotopic (exact) mass is 247 g/mol. The van der Waals surface area contributed by atoms with E-state index in [2.05, 4.69) is 5.32 Å². The first-order chi connectivity index (χ1) is 8.70. The zero-order valence-corrected chi connectivity index (χ0v) is 11.1. The van der Waals surface area contributed by atoms with Crippen LogP contribution in [0.5, 0.6) is 5.75 Å². The molecule has 1 aromatic rings. The van der Waals surface area contributed by atoms with Crippen LogP contribution in [0.1, 0.15) is 37.0 Å². The Bertz CT molecular complexity index is 395.